The summed E-state index contributed by atoms with van der Waals surface area (Å²) in [6.07, 6.45) is 0.772. The molecule has 3 fully saturated rings. The summed E-state index contributed by atoms with van der Waals surface area (Å²) >= 11 is 0. The number of aromatic nitrogens is 1. The summed E-state index contributed by atoms with van der Waals surface area (Å²) in [4.78, 5) is 59.9. The van der Waals surface area contributed by atoms with Crippen LogP contribution in [0.1, 0.15) is 77.7 Å². The Morgan fingerprint density at radius 1 is 1.08 bits per heavy atom. The molecule has 1 saturated heterocycles. The molecule has 0 radical (unpaired) electrons. The number of hydrogen-bond donors (Lipinski definition) is 0. The Morgan fingerprint density at radius 2 is 1.79 bits per heavy atom. The zero-order valence-corrected chi connectivity index (χ0v) is 27.8. The number of pyridine rings is 1. The second kappa shape index (κ2) is 13.5. The average molecular weight is 673 g/mol. The topological polar surface area (TPSA) is 112 Å². The van der Waals surface area contributed by atoms with Gasteiger partial charge < -0.3 is 19.1 Å². The van der Waals surface area contributed by atoms with Gasteiger partial charge in [-0.1, -0.05) is 32.9 Å². The molecule has 260 valence electrons. The molecule has 48 heavy (non-hydrogen) atoms. The van der Waals surface area contributed by atoms with Crippen molar-refractivity contribution < 1.29 is 46.6 Å². The number of allylic oxidation sites excluding steroid dienone is 1. The summed E-state index contributed by atoms with van der Waals surface area (Å²) in [5.41, 5.74) is -2.61. The van der Waals surface area contributed by atoms with Crippen LogP contribution in [-0.4, -0.2) is 65.4 Å². The van der Waals surface area contributed by atoms with Gasteiger partial charge in [-0.3, -0.25) is 19.2 Å². The first kappa shape index (κ1) is 35.3. The Balaban J connectivity index is 1.44. The number of amides is 1. The fourth-order valence-electron chi connectivity index (χ4n) is 7.27. The summed E-state index contributed by atoms with van der Waals surface area (Å²) in [7, 11) is 1.25. The van der Waals surface area contributed by atoms with Crippen LogP contribution >= 0.6 is 0 Å². The summed E-state index contributed by atoms with van der Waals surface area (Å²) in [6.45, 7) is 9.21. The minimum atomic E-state index is -4.60. The molecule has 1 aliphatic heterocycles. The summed E-state index contributed by atoms with van der Waals surface area (Å²) < 4.78 is 58.2. The van der Waals surface area contributed by atoms with Gasteiger partial charge in [-0.05, 0) is 61.6 Å². The molecule has 9 nitrogen and oxygen atoms in total. The molecular formula is C36H43F3N2O7. The number of rotatable bonds is 11. The predicted octanol–water partition coefficient (Wildman–Crippen LogP) is 6.46. The summed E-state index contributed by atoms with van der Waals surface area (Å²) in [5, 5.41) is 0.0463. The molecule has 2 saturated carbocycles. The molecular weight excluding hydrogens is 629 g/mol. The maximum Gasteiger partial charge on any atom is 0.417 e. The van der Waals surface area contributed by atoms with E-state index in [2.05, 4.69) is 11.6 Å². The van der Waals surface area contributed by atoms with Gasteiger partial charge in [-0.2, -0.15) is 13.2 Å². The van der Waals surface area contributed by atoms with Crippen LogP contribution in [0.5, 0.6) is 5.88 Å². The van der Waals surface area contributed by atoms with Crippen LogP contribution in [0.2, 0.25) is 0 Å². The molecule has 12 heteroatoms. The molecule has 0 N–H and O–H groups in total. The van der Waals surface area contributed by atoms with Gasteiger partial charge in [0.25, 0.3) is 0 Å². The quantitative estimate of drug-likeness (QED) is 0.198. The Hall–Kier alpha value is -3.96. The smallest absolute Gasteiger partial charge is 0.417 e. The Morgan fingerprint density at radius 3 is 2.40 bits per heavy atom. The molecule has 1 aromatic carbocycles. The molecule has 2 aromatic rings. The van der Waals surface area contributed by atoms with E-state index in [-0.39, 0.29) is 60.3 Å². The number of likely N-dealkylation sites (tertiary alicyclic amines) is 1. The third-order valence-corrected chi connectivity index (χ3v) is 10.1. The van der Waals surface area contributed by atoms with Gasteiger partial charge in [-0.25, -0.2) is 4.98 Å². The lowest BCUT2D eigenvalue weighted by molar-refractivity contribution is -0.156. The van der Waals surface area contributed by atoms with Crippen molar-refractivity contribution in [3.63, 3.8) is 0 Å². The lowest BCUT2D eigenvalue weighted by atomic mass is 9.77. The molecule has 1 amide bonds. The highest BCUT2D eigenvalue weighted by molar-refractivity contribution is 5.96. The largest absolute Gasteiger partial charge is 0.472 e. The standard InChI is InChI=1S/C36H43F3N2O7/c1-6-21-18-35(21,33(45)46-5)19-29(42)28-16-23(48-31-25-12-9-13-26(36(37,38)39)24(25)14-15-40-31)20-41(28)32(44)27(34(2,3)4)17-30(43)47-22-10-7-8-11-22/h6,9,12-15,21-23,27-28H,1,7-8,10-11,16-20H2,2-5H3/t21-,23-,27-,28+,35-/m1/s1. The van der Waals surface area contributed by atoms with Crippen molar-refractivity contribution >= 4 is 34.4 Å². The van der Waals surface area contributed by atoms with Crippen molar-refractivity contribution in [2.45, 2.75) is 96.6 Å². The Bertz CT molecular complexity index is 1580. The number of methoxy groups -OCH3 is 1. The zero-order valence-electron chi connectivity index (χ0n) is 27.8. The number of hydrogen-bond acceptors (Lipinski definition) is 8. The van der Waals surface area contributed by atoms with Gasteiger partial charge in [-0.15, -0.1) is 6.58 Å². The number of benzene rings is 1. The molecule has 2 aliphatic carbocycles. The lowest BCUT2D eigenvalue weighted by Crippen LogP contribution is -2.48. The number of alkyl halides is 3. The first-order chi connectivity index (χ1) is 22.6. The first-order valence-corrected chi connectivity index (χ1v) is 16.4. The number of fused-ring (bicyclic) bond motifs is 1. The third-order valence-electron chi connectivity index (χ3n) is 10.1. The van der Waals surface area contributed by atoms with E-state index in [1.807, 2.05) is 20.8 Å². The Kier molecular flexibility index (Phi) is 9.95. The van der Waals surface area contributed by atoms with Crippen LogP contribution in [0, 0.1) is 22.7 Å². The maximum atomic E-state index is 14.4. The second-order valence-electron chi connectivity index (χ2n) is 14.4. The van der Waals surface area contributed by atoms with Gasteiger partial charge in [0.15, 0.2) is 5.78 Å². The van der Waals surface area contributed by atoms with Crippen molar-refractivity contribution in [2.75, 3.05) is 13.7 Å². The first-order valence-electron chi connectivity index (χ1n) is 16.4. The normalized spacial score (nSPS) is 25.1. The molecule has 0 unspecified atom stereocenters. The van der Waals surface area contributed by atoms with Crippen molar-refractivity contribution in [3.8, 4) is 5.88 Å². The number of Topliss-reactive ketones (excluding diaryl/α,β-unsaturated/α-hetero) is 1. The van der Waals surface area contributed by atoms with Crippen molar-refractivity contribution in [2.24, 2.45) is 22.7 Å². The molecule has 0 bridgehead atoms. The van der Waals surface area contributed by atoms with E-state index in [1.165, 1.54) is 36.4 Å². The number of esters is 2. The minimum absolute atomic E-state index is 0.0149. The van der Waals surface area contributed by atoms with Crippen LogP contribution in [0.25, 0.3) is 10.8 Å². The molecule has 5 rings (SSSR count). The summed E-state index contributed by atoms with van der Waals surface area (Å²) in [6, 6.07) is 3.96. The number of ether oxygens (including phenoxy) is 3. The average Bonchev–Trinajstić information content (AvgIpc) is 3.30. The molecule has 0 spiro atoms. The zero-order chi connectivity index (χ0) is 35.0. The number of carbonyl (C=O) groups excluding carboxylic acids is 4. The molecule has 2 heterocycles. The second-order valence-corrected chi connectivity index (χ2v) is 14.4. The van der Waals surface area contributed by atoms with Crippen LogP contribution in [-0.2, 0) is 34.8 Å². The minimum Gasteiger partial charge on any atom is -0.472 e. The fourth-order valence-corrected chi connectivity index (χ4v) is 7.27. The van der Waals surface area contributed by atoms with Crippen LogP contribution in [0.3, 0.4) is 0 Å². The van der Waals surface area contributed by atoms with Crippen LogP contribution in [0.4, 0.5) is 13.2 Å². The van der Waals surface area contributed by atoms with Gasteiger partial charge in [0, 0.05) is 29.8 Å². The molecule has 1 aromatic heterocycles. The summed E-state index contributed by atoms with van der Waals surface area (Å²) in [5.74, 6) is -3.01. The van der Waals surface area contributed by atoms with E-state index in [9.17, 15) is 32.3 Å². The number of ketones is 1. The van der Waals surface area contributed by atoms with E-state index in [0.29, 0.717) is 6.42 Å². The predicted molar refractivity (Wildman–Crippen MR) is 170 cm³/mol. The highest BCUT2D eigenvalue weighted by Crippen LogP contribution is 2.57. The van der Waals surface area contributed by atoms with Crippen molar-refractivity contribution in [1.29, 1.82) is 0 Å². The third kappa shape index (κ3) is 7.22. The van der Waals surface area contributed by atoms with Gasteiger partial charge >= 0.3 is 18.1 Å². The van der Waals surface area contributed by atoms with Crippen LogP contribution in [0.15, 0.2) is 43.1 Å². The highest BCUT2D eigenvalue weighted by Gasteiger charge is 2.61. The van der Waals surface area contributed by atoms with Gasteiger partial charge in [0.05, 0.1) is 43.0 Å². The van der Waals surface area contributed by atoms with E-state index in [0.717, 1.165) is 31.7 Å². The van der Waals surface area contributed by atoms with E-state index in [1.54, 1.807) is 6.08 Å². The fraction of sp³-hybridized carbons (Fsp3) is 0.583. The monoisotopic (exact) mass is 672 g/mol. The number of halogens is 3. The lowest BCUT2D eigenvalue weighted by Gasteiger charge is -2.35. The highest BCUT2D eigenvalue weighted by atomic mass is 19.4. The molecule has 5 atom stereocenters. The van der Waals surface area contributed by atoms with E-state index in [4.69, 9.17) is 14.2 Å². The number of carbonyl (C=O) groups is 4. The van der Waals surface area contributed by atoms with Crippen LogP contribution < -0.4 is 4.74 Å². The van der Waals surface area contributed by atoms with Gasteiger partial charge in [0.1, 0.15) is 12.2 Å². The van der Waals surface area contributed by atoms with E-state index < -0.39 is 58.5 Å². The van der Waals surface area contributed by atoms with Crippen molar-refractivity contribution in [3.05, 3.63) is 48.7 Å². The molecule has 3 aliphatic rings. The van der Waals surface area contributed by atoms with Crippen molar-refractivity contribution in [1.82, 2.24) is 9.88 Å². The maximum absolute atomic E-state index is 14.4. The SMILES string of the molecule is C=C[C@@H]1C[C@]1(CC(=O)[C@@H]1C[C@@H](Oc2nccc3c(C(F)(F)F)cccc23)CN1C(=O)[C@@H](CC(=O)OC1CCCC1)C(C)(C)C)C(=O)OC. The van der Waals surface area contributed by atoms with E-state index >= 15 is 0 Å². The number of nitrogens with zero attached hydrogens (tertiary/aromatic N) is 2. The Labute approximate surface area is 278 Å². The van der Waals surface area contributed by atoms with Gasteiger partial charge in [0.2, 0.25) is 11.8 Å².